The first-order chi connectivity index (χ1) is 11.8. The second kappa shape index (κ2) is 6.95. The number of rotatable bonds is 5. The van der Waals surface area contributed by atoms with Gasteiger partial charge in [-0.05, 0) is 20.3 Å². The summed E-state index contributed by atoms with van der Waals surface area (Å²) in [5.41, 5.74) is 2.59. The van der Waals surface area contributed by atoms with E-state index >= 15 is 0 Å². The number of nitrogens with zero attached hydrogens (tertiary/aromatic N) is 5. The lowest BCUT2D eigenvalue weighted by Gasteiger charge is -2.23. The van der Waals surface area contributed by atoms with Crippen molar-refractivity contribution in [2.45, 2.75) is 59.0 Å². The van der Waals surface area contributed by atoms with Gasteiger partial charge in [0.05, 0.1) is 30.2 Å². The Morgan fingerprint density at radius 1 is 1.32 bits per heavy atom. The number of hydrogen-bond acceptors (Lipinski definition) is 5. The molecular weight excluding hydrogens is 318 g/mol. The second-order valence-corrected chi connectivity index (χ2v) is 7.06. The van der Waals surface area contributed by atoms with Gasteiger partial charge >= 0.3 is 0 Å². The van der Waals surface area contributed by atoms with Gasteiger partial charge in [0, 0.05) is 25.4 Å². The summed E-state index contributed by atoms with van der Waals surface area (Å²) in [7, 11) is 1.87. The van der Waals surface area contributed by atoms with Crippen LogP contribution in [0.15, 0.2) is 0 Å². The van der Waals surface area contributed by atoms with Gasteiger partial charge in [-0.25, -0.2) is 9.67 Å². The van der Waals surface area contributed by atoms with Crippen molar-refractivity contribution in [1.82, 2.24) is 29.9 Å². The first-order valence-electron chi connectivity index (χ1n) is 8.82. The molecule has 8 nitrogen and oxygen atoms in total. The standard InChI is InChI=1S/C17H27N7O/c1-10(2)17-19-14-7-6-13(9-24(14)22-17)18-8-15(25)20-16-11(3)21-23(5)12(16)4/h10,13,18H,6-9H2,1-5H3,(H,20,25)/t13-/m1/s1. The van der Waals surface area contributed by atoms with E-state index in [0.717, 1.165) is 48.1 Å². The molecule has 1 atom stereocenters. The molecule has 2 aromatic rings. The SMILES string of the molecule is Cc1nn(C)c(C)c1NC(=O)CN[C@@H]1CCc2nc(C(C)C)nn2C1. The number of amides is 1. The molecule has 0 aromatic carbocycles. The molecule has 3 heterocycles. The molecule has 0 saturated carbocycles. The Bertz CT molecular complexity index is 774. The lowest BCUT2D eigenvalue weighted by Crippen LogP contribution is -2.41. The molecule has 0 bridgehead atoms. The van der Waals surface area contributed by atoms with Crippen molar-refractivity contribution in [3.63, 3.8) is 0 Å². The van der Waals surface area contributed by atoms with E-state index in [4.69, 9.17) is 0 Å². The van der Waals surface area contributed by atoms with Gasteiger partial charge in [0.2, 0.25) is 5.91 Å². The number of aryl methyl sites for hydroxylation is 3. The van der Waals surface area contributed by atoms with Crippen LogP contribution in [0.5, 0.6) is 0 Å². The van der Waals surface area contributed by atoms with E-state index in [1.54, 1.807) is 4.68 Å². The molecule has 0 radical (unpaired) electrons. The van der Waals surface area contributed by atoms with Crippen molar-refractivity contribution < 1.29 is 4.79 Å². The van der Waals surface area contributed by atoms with Gasteiger partial charge in [-0.15, -0.1) is 0 Å². The number of carbonyl (C=O) groups excluding carboxylic acids is 1. The highest BCUT2D eigenvalue weighted by molar-refractivity contribution is 5.93. The van der Waals surface area contributed by atoms with Crippen molar-refractivity contribution in [2.75, 3.05) is 11.9 Å². The largest absolute Gasteiger partial charge is 0.322 e. The lowest BCUT2D eigenvalue weighted by molar-refractivity contribution is -0.115. The fraction of sp³-hybridized carbons (Fsp3) is 0.647. The molecule has 0 fully saturated rings. The summed E-state index contributed by atoms with van der Waals surface area (Å²) in [6, 6.07) is 0.232. The Labute approximate surface area is 148 Å². The Morgan fingerprint density at radius 3 is 2.72 bits per heavy atom. The summed E-state index contributed by atoms with van der Waals surface area (Å²) in [5.74, 6) is 2.23. The average Bonchev–Trinajstić information content (AvgIpc) is 3.09. The minimum absolute atomic E-state index is 0.0496. The third-order valence-corrected chi connectivity index (χ3v) is 4.72. The number of carbonyl (C=O) groups is 1. The summed E-state index contributed by atoms with van der Waals surface area (Å²) >= 11 is 0. The van der Waals surface area contributed by atoms with Crippen molar-refractivity contribution in [2.24, 2.45) is 7.05 Å². The number of anilines is 1. The fourth-order valence-corrected chi connectivity index (χ4v) is 3.11. The van der Waals surface area contributed by atoms with E-state index in [0.29, 0.717) is 5.92 Å². The first-order valence-corrected chi connectivity index (χ1v) is 8.82. The minimum atomic E-state index is -0.0496. The molecule has 2 N–H and O–H groups in total. The van der Waals surface area contributed by atoms with Crippen molar-refractivity contribution >= 4 is 11.6 Å². The van der Waals surface area contributed by atoms with Gasteiger partial charge in [-0.1, -0.05) is 13.8 Å². The van der Waals surface area contributed by atoms with Crippen LogP contribution in [0.2, 0.25) is 0 Å². The van der Waals surface area contributed by atoms with Gasteiger partial charge in [-0.3, -0.25) is 9.48 Å². The van der Waals surface area contributed by atoms with E-state index < -0.39 is 0 Å². The highest BCUT2D eigenvalue weighted by atomic mass is 16.1. The maximum absolute atomic E-state index is 12.3. The average molecular weight is 345 g/mol. The number of aromatic nitrogens is 5. The van der Waals surface area contributed by atoms with Crippen LogP contribution in [0.4, 0.5) is 5.69 Å². The Balaban J connectivity index is 1.54. The molecule has 25 heavy (non-hydrogen) atoms. The molecular formula is C17H27N7O. The minimum Gasteiger partial charge on any atom is -0.322 e. The molecule has 0 saturated heterocycles. The zero-order valence-electron chi connectivity index (χ0n) is 15.6. The zero-order valence-corrected chi connectivity index (χ0v) is 15.6. The van der Waals surface area contributed by atoms with E-state index in [9.17, 15) is 4.79 Å². The quantitative estimate of drug-likeness (QED) is 0.852. The van der Waals surface area contributed by atoms with Gasteiger partial charge in [0.1, 0.15) is 5.82 Å². The molecule has 3 rings (SSSR count). The van der Waals surface area contributed by atoms with Crippen LogP contribution in [0, 0.1) is 13.8 Å². The van der Waals surface area contributed by atoms with Crippen LogP contribution in [0.25, 0.3) is 0 Å². The summed E-state index contributed by atoms with van der Waals surface area (Å²) < 4.78 is 3.75. The molecule has 0 unspecified atom stereocenters. The topological polar surface area (TPSA) is 89.7 Å². The van der Waals surface area contributed by atoms with Crippen molar-refractivity contribution in [1.29, 1.82) is 0 Å². The monoisotopic (exact) mass is 345 g/mol. The summed E-state index contributed by atoms with van der Waals surface area (Å²) in [6.07, 6.45) is 1.86. The maximum Gasteiger partial charge on any atom is 0.238 e. The first kappa shape index (κ1) is 17.6. The Hall–Kier alpha value is -2.22. The van der Waals surface area contributed by atoms with Crippen LogP contribution in [-0.4, -0.2) is 43.0 Å². The van der Waals surface area contributed by atoms with Crippen LogP contribution in [0.3, 0.4) is 0 Å². The third-order valence-electron chi connectivity index (χ3n) is 4.72. The maximum atomic E-state index is 12.3. The second-order valence-electron chi connectivity index (χ2n) is 7.06. The van der Waals surface area contributed by atoms with Crippen LogP contribution >= 0.6 is 0 Å². The lowest BCUT2D eigenvalue weighted by atomic mass is 10.1. The predicted molar refractivity (Wildman–Crippen MR) is 95.5 cm³/mol. The highest BCUT2D eigenvalue weighted by Gasteiger charge is 2.23. The van der Waals surface area contributed by atoms with Crippen molar-refractivity contribution in [3.8, 4) is 0 Å². The summed E-state index contributed by atoms with van der Waals surface area (Å²) in [6.45, 7) is 9.08. The van der Waals surface area contributed by atoms with E-state index in [1.165, 1.54) is 0 Å². The van der Waals surface area contributed by atoms with Crippen LogP contribution in [0.1, 0.15) is 49.2 Å². The molecule has 8 heteroatoms. The van der Waals surface area contributed by atoms with E-state index in [2.05, 4.69) is 39.7 Å². The normalized spacial score (nSPS) is 17.0. The van der Waals surface area contributed by atoms with E-state index in [-0.39, 0.29) is 18.5 Å². The summed E-state index contributed by atoms with van der Waals surface area (Å²) in [4.78, 5) is 16.9. The molecule has 2 aromatic heterocycles. The number of hydrogen-bond donors (Lipinski definition) is 2. The number of fused-ring (bicyclic) bond motifs is 1. The van der Waals surface area contributed by atoms with Crippen LogP contribution in [-0.2, 0) is 24.8 Å². The molecule has 1 amide bonds. The number of nitrogens with one attached hydrogen (secondary N) is 2. The Kier molecular flexibility index (Phi) is 4.89. The van der Waals surface area contributed by atoms with Crippen molar-refractivity contribution in [3.05, 3.63) is 23.0 Å². The fourth-order valence-electron chi connectivity index (χ4n) is 3.11. The Morgan fingerprint density at radius 2 is 2.08 bits per heavy atom. The smallest absolute Gasteiger partial charge is 0.238 e. The molecule has 1 aliphatic heterocycles. The van der Waals surface area contributed by atoms with Gasteiger partial charge in [-0.2, -0.15) is 10.2 Å². The molecule has 1 aliphatic rings. The molecule has 0 aliphatic carbocycles. The highest BCUT2D eigenvalue weighted by Crippen LogP contribution is 2.19. The van der Waals surface area contributed by atoms with Gasteiger partial charge in [0.25, 0.3) is 0 Å². The van der Waals surface area contributed by atoms with Gasteiger partial charge in [0.15, 0.2) is 5.82 Å². The molecule has 0 spiro atoms. The summed E-state index contributed by atoms with van der Waals surface area (Å²) in [5, 5.41) is 15.2. The predicted octanol–water partition coefficient (Wildman–Crippen LogP) is 1.29. The third kappa shape index (κ3) is 3.73. The van der Waals surface area contributed by atoms with Gasteiger partial charge < -0.3 is 10.6 Å². The zero-order chi connectivity index (χ0) is 18.1. The van der Waals surface area contributed by atoms with Crippen LogP contribution < -0.4 is 10.6 Å². The van der Waals surface area contributed by atoms with E-state index in [1.807, 2.05) is 25.6 Å². The molecule has 136 valence electrons.